The molecule has 0 amide bonds. The van der Waals surface area contributed by atoms with Crippen molar-refractivity contribution < 1.29 is 13.5 Å². The van der Waals surface area contributed by atoms with Crippen LogP contribution in [-0.4, -0.2) is 6.61 Å². The predicted octanol–water partition coefficient (Wildman–Crippen LogP) is 6.15. The smallest absolute Gasteiger partial charge is 0.200 e. The summed E-state index contributed by atoms with van der Waals surface area (Å²) >= 11 is 0. The Morgan fingerprint density at radius 2 is 1.73 bits per heavy atom. The number of rotatable bonds is 7. The molecule has 1 nitrogen and oxygen atoms in total. The molecule has 1 saturated carbocycles. The molecule has 0 unspecified atom stereocenters. The fourth-order valence-corrected chi connectivity index (χ4v) is 3.80. The Bertz CT molecular complexity index is 479. The Labute approximate surface area is 133 Å². The average molecular weight is 310 g/mol. The molecule has 22 heavy (non-hydrogen) atoms. The minimum atomic E-state index is -0.820. The van der Waals surface area contributed by atoms with E-state index in [9.17, 15) is 8.78 Å². The van der Waals surface area contributed by atoms with Gasteiger partial charge in [-0.2, -0.15) is 4.39 Å². The molecule has 0 aromatic heterocycles. The topological polar surface area (TPSA) is 9.23 Å². The van der Waals surface area contributed by atoms with E-state index in [0.29, 0.717) is 12.2 Å². The Balaban J connectivity index is 2.32. The summed E-state index contributed by atoms with van der Waals surface area (Å²) < 4.78 is 34.1. The summed E-state index contributed by atoms with van der Waals surface area (Å²) in [6, 6.07) is 3.37. The van der Waals surface area contributed by atoms with Crippen LogP contribution in [0.3, 0.4) is 0 Å². The van der Waals surface area contributed by atoms with Crippen LogP contribution in [0.1, 0.15) is 77.2 Å². The van der Waals surface area contributed by atoms with Crippen molar-refractivity contribution in [3.63, 3.8) is 0 Å². The van der Waals surface area contributed by atoms with Crippen LogP contribution in [0.2, 0.25) is 0 Å². The van der Waals surface area contributed by atoms with Gasteiger partial charge in [0, 0.05) is 0 Å². The molecule has 0 spiro atoms. The molecule has 1 aromatic carbocycles. The van der Waals surface area contributed by atoms with E-state index in [-0.39, 0.29) is 11.2 Å². The Hall–Kier alpha value is -1.12. The second-order valence-corrected chi connectivity index (χ2v) is 6.47. The van der Waals surface area contributed by atoms with Crippen molar-refractivity contribution in [2.24, 2.45) is 0 Å². The van der Waals surface area contributed by atoms with E-state index in [1.807, 2.05) is 0 Å². The van der Waals surface area contributed by atoms with Crippen molar-refractivity contribution in [2.45, 2.75) is 77.0 Å². The summed E-state index contributed by atoms with van der Waals surface area (Å²) in [4.78, 5) is 0. The van der Waals surface area contributed by atoms with Crippen molar-refractivity contribution in [1.29, 1.82) is 0 Å². The molecule has 0 heterocycles. The normalized spacial score (nSPS) is 17.5. The third kappa shape index (κ3) is 3.61. The highest BCUT2D eigenvalue weighted by molar-refractivity contribution is 5.36. The number of benzene rings is 1. The summed E-state index contributed by atoms with van der Waals surface area (Å²) in [5, 5.41) is 0. The van der Waals surface area contributed by atoms with Crippen molar-refractivity contribution in [3.05, 3.63) is 29.3 Å². The van der Waals surface area contributed by atoms with Crippen LogP contribution >= 0.6 is 0 Å². The number of unbranched alkanes of at least 4 members (excludes halogenated alkanes) is 2. The quantitative estimate of drug-likeness (QED) is 0.549. The first kappa shape index (κ1) is 17.2. The molecule has 0 atom stereocenters. The molecule has 1 fully saturated rings. The first-order chi connectivity index (χ1) is 10.6. The maximum absolute atomic E-state index is 14.7. The van der Waals surface area contributed by atoms with E-state index in [1.54, 1.807) is 19.1 Å². The van der Waals surface area contributed by atoms with Crippen LogP contribution in [0.15, 0.2) is 12.1 Å². The molecular formula is C19H28F2O. The van der Waals surface area contributed by atoms with Gasteiger partial charge < -0.3 is 4.74 Å². The molecule has 1 aliphatic rings. The first-order valence-electron chi connectivity index (χ1n) is 8.76. The summed E-state index contributed by atoms with van der Waals surface area (Å²) in [6.45, 7) is 4.29. The van der Waals surface area contributed by atoms with Gasteiger partial charge in [0.2, 0.25) is 5.82 Å². The van der Waals surface area contributed by atoms with Gasteiger partial charge in [0.1, 0.15) is 0 Å². The fourth-order valence-electron chi connectivity index (χ4n) is 3.80. The molecule has 3 heteroatoms. The molecule has 2 rings (SSSR count). The molecular weight excluding hydrogens is 282 g/mol. The van der Waals surface area contributed by atoms with E-state index >= 15 is 0 Å². The minimum Gasteiger partial charge on any atom is -0.491 e. The van der Waals surface area contributed by atoms with E-state index < -0.39 is 11.6 Å². The second kappa shape index (κ2) is 7.94. The lowest BCUT2D eigenvalue weighted by atomic mass is 9.66. The standard InChI is InChI=1S/C19H28F2O/c1-3-5-7-12-19(13-8-6-9-14-19)15-10-11-16(22-4-2)18(21)17(15)20/h10-11H,3-9,12-14H2,1-2H3. The molecule has 0 N–H and O–H groups in total. The number of halogens is 2. The van der Waals surface area contributed by atoms with Crippen LogP contribution in [0, 0.1) is 11.6 Å². The molecule has 1 aromatic rings. The number of ether oxygens (including phenoxy) is 1. The Morgan fingerprint density at radius 1 is 1.00 bits per heavy atom. The largest absolute Gasteiger partial charge is 0.491 e. The first-order valence-corrected chi connectivity index (χ1v) is 8.76. The molecule has 0 radical (unpaired) electrons. The third-order valence-electron chi connectivity index (χ3n) is 4.99. The van der Waals surface area contributed by atoms with Crippen LogP contribution in [0.4, 0.5) is 8.78 Å². The van der Waals surface area contributed by atoms with Crippen molar-refractivity contribution in [2.75, 3.05) is 6.61 Å². The molecule has 0 saturated heterocycles. The molecule has 0 bridgehead atoms. The lowest BCUT2D eigenvalue weighted by Gasteiger charge is -2.38. The van der Waals surface area contributed by atoms with Gasteiger partial charge in [0.05, 0.1) is 6.61 Å². The van der Waals surface area contributed by atoms with Gasteiger partial charge in [0.15, 0.2) is 11.6 Å². The highest BCUT2D eigenvalue weighted by Crippen LogP contribution is 2.45. The SMILES string of the molecule is CCCCCC1(c2ccc(OCC)c(F)c2F)CCCCC1. The third-order valence-corrected chi connectivity index (χ3v) is 4.99. The van der Waals surface area contributed by atoms with Crippen molar-refractivity contribution in [1.82, 2.24) is 0 Å². The second-order valence-electron chi connectivity index (χ2n) is 6.47. The zero-order valence-electron chi connectivity index (χ0n) is 13.9. The molecule has 124 valence electrons. The lowest BCUT2D eigenvalue weighted by Crippen LogP contribution is -2.30. The minimum absolute atomic E-state index is 0.0308. The maximum atomic E-state index is 14.7. The van der Waals surface area contributed by atoms with Gasteiger partial charge in [-0.25, -0.2) is 4.39 Å². The fraction of sp³-hybridized carbons (Fsp3) is 0.684. The van der Waals surface area contributed by atoms with Gasteiger partial charge >= 0.3 is 0 Å². The number of hydrogen-bond acceptors (Lipinski definition) is 1. The van der Waals surface area contributed by atoms with Gasteiger partial charge in [-0.1, -0.05) is 51.5 Å². The Kier molecular flexibility index (Phi) is 6.22. The zero-order valence-corrected chi connectivity index (χ0v) is 13.9. The monoisotopic (exact) mass is 310 g/mol. The summed E-state index contributed by atoms with van der Waals surface area (Å²) in [5.41, 5.74) is 0.396. The van der Waals surface area contributed by atoms with Gasteiger partial charge in [-0.3, -0.25) is 0 Å². The van der Waals surface area contributed by atoms with Crippen LogP contribution in [-0.2, 0) is 5.41 Å². The van der Waals surface area contributed by atoms with Crippen molar-refractivity contribution >= 4 is 0 Å². The van der Waals surface area contributed by atoms with Gasteiger partial charge in [0.25, 0.3) is 0 Å². The van der Waals surface area contributed by atoms with Crippen LogP contribution in [0.5, 0.6) is 5.75 Å². The van der Waals surface area contributed by atoms with Gasteiger partial charge in [-0.15, -0.1) is 0 Å². The average Bonchev–Trinajstić information content (AvgIpc) is 2.53. The molecule has 1 aliphatic carbocycles. The highest BCUT2D eigenvalue weighted by atomic mass is 19.2. The lowest BCUT2D eigenvalue weighted by molar-refractivity contribution is 0.252. The van der Waals surface area contributed by atoms with E-state index in [0.717, 1.165) is 51.4 Å². The molecule has 0 aliphatic heterocycles. The zero-order chi connectivity index (χ0) is 16.0. The highest BCUT2D eigenvalue weighted by Gasteiger charge is 2.36. The van der Waals surface area contributed by atoms with Crippen LogP contribution in [0.25, 0.3) is 0 Å². The summed E-state index contributed by atoms with van der Waals surface area (Å²) in [5.74, 6) is -1.48. The van der Waals surface area contributed by atoms with Gasteiger partial charge in [-0.05, 0) is 43.2 Å². The maximum Gasteiger partial charge on any atom is 0.200 e. The summed E-state index contributed by atoms with van der Waals surface area (Å²) in [6.07, 6.45) is 9.73. The van der Waals surface area contributed by atoms with E-state index in [4.69, 9.17) is 4.74 Å². The summed E-state index contributed by atoms with van der Waals surface area (Å²) in [7, 11) is 0. The van der Waals surface area contributed by atoms with E-state index in [2.05, 4.69) is 6.92 Å². The van der Waals surface area contributed by atoms with E-state index in [1.165, 1.54) is 6.42 Å². The number of hydrogen-bond donors (Lipinski definition) is 0. The predicted molar refractivity (Wildman–Crippen MR) is 86.4 cm³/mol. The van der Waals surface area contributed by atoms with Crippen molar-refractivity contribution in [3.8, 4) is 5.75 Å². The Morgan fingerprint density at radius 3 is 2.36 bits per heavy atom. The van der Waals surface area contributed by atoms with Crippen LogP contribution < -0.4 is 4.74 Å².